The molecule has 0 aliphatic rings. The number of pyridine rings is 1. The third-order valence-corrected chi connectivity index (χ3v) is 5.25. The van der Waals surface area contributed by atoms with Crippen molar-refractivity contribution >= 4 is 10.0 Å². The lowest BCUT2D eigenvalue weighted by atomic mass is 10.3. The van der Waals surface area contributed by atoms with Gasteiger partial charge in [-0.05, 0) is 19.1 Å². The van der Waals surface area contributed by atoms with E-state index in [1.54, 1.807) is 32.2 Å². The third-order valence-electron chi connectivity index (χ3n) is 3.13. The van der Waals surface area contributed by atoms with Crippen LogP contribution in [0.15, 0.2) is 29.3 Å². The predicted molar refractivity (Wildman–Crippen MR) is 76.8 cm³/mol. The molecule has 0 unspecified atom stereocenters. The number of nitrogens with zero attached hydrogens (tertiary/aromatic N) is 3. The van der Waals surface area contributed by atoms with Gasteiger partial charge in [0.15, 0.2) is 0 Å². The molecule has 8 heteroatoms. The summed E-state index contributed by atoms with van der Waals surface area (Å²) in [5, 5.41) is 15.7. The quantitative estimate of drug-likeness (QED) is 0.823. The monoisotopic (exact) mass is 310 g/mol. The summed E-state index contributed by atoms with van der Waals surface area (Å²) in [6, 6.07) is 5.36. The van der Waals surface area contributed by atoms with Crippen LogP contribution in [-0.4, -0.2) is 39.6 Å². The zero-order chi connectivity index (χ0) is 15.5. The van der Waals surface area contributed by atoms with Gasteiger partial charge in [0.25, 0.3) is 0 Å². The number of aromatic amines is 1. The lowest BCUT2D eigenvalue weighted by Gasteiger charge is -2.20. The van der Waals surface area contributed by atoms with E-state index in [-0.39, 0.29) is 17.1 Å². The molecule has 0 aliphatic heterocycles. The molecule has 0 fully saturated rings. The highest BCUT2D eigenvalue weighted by atomic mass is 32.2. The Morgan fingerprint density at radius 1 is 1.38 bits per heavy atom. The molecule has 0 radical (unpaired) electrons. The Hall–Kier alpha value is -1.77. The smallest absolute Gasteiger partial charge is 0.247 e. The van der Waals surface area contributed by atoms with E-state index in [4.69, 9.17) is 0 Å². The van der Waals surface area contributed by atoms with Crippen molar-refractivity contribution in [3.63, 3.8) is 0 Å². The maximum Gasteiger partial charge on any atom is 0.247 e. The van der Waals surface area contributed by atoms with E-state index in [1.165, 1.54) is 4.31 Å². The molecule has 0 bridgehead atoms. The molecule has 0 saturated carbocycles. The second-order valence-corrected chi connectivity index (χ2v) is 6.41. The predicted octanol–water partition coefficient (Wildman–Crippen LogP) is 0.816. The van der Waals surface area contributed by atoms with Gasteiger partial charge in [-0.2, -0.15) is 9.40 Å². The minimum atomic E-state index is -3.74. The van der Waals surface area contributed by atoms with Crippen LogP contribution in [0.25, 0.3) is 0 Å². The molecule has 2 rings (SSSR count). The first-order chi connectivity index (χ1) is 10.0. The van der Waals surface area contributed by atoms with Crippen molar-refractivity contribution in [2.24, 2.45) is 0 Å². The number of aryl methyl sites for hydroxylation is 1. The summed E-state index contributed by atoms with van der Waals surface area (Å²) in [4.78, 5) is 4.19. The van der Waals surface area contributed by atoms with Crippen LogP contribution in [0.4, 0.5) is 0 Å². The van der Waals surface area contributed by atoms with Crippen LogP contribution < -0.4 is 0 Å². The number of aliphatic hydroxyl groups excluding tert-OH is 1. The summed E-state index contributed by atoms with van der Waals surface area (Å²) in [5.41, 5.74) is 1.21. The average molecular weight is 310 g/mol. The number of nitrogens with one attached hydrogen (secondary N) is 1. The fourth-order valence-electron chi connectivity index (χ4n) is 2.09. The number of aliphatic hydroxyl groups is 1. The van der Waals surface area contributed by atoms with Gasteiger partial charge in [-0.25, -0.2) is 8.42 Å². The standard InChI is InChI=1S/C13H18N4O3S/c1-3-17(8-11-6-4-5-7-14-11)21(19,20)13-10(2)15-16-12(13)9-18/h4-7,18H,3,8-9H2,1-2H3,(H,15,16). The van der Waals surface area contributed by atoms with Gasteiger partial charge < -0.3 is 5.11 Å². The molecule has 2 N–H and O–H groups in total. The highest BCUT2D eigenvalue weighted by Crippen LogP contribution is 2.23. The Bertz CT molecular complexity index is 697. The molecule has 7 nitrogen and oxygen atoms in total. The second-order valence-electron chi connectivity index (χ2n) is 4.53. The van der Waals surface area contributed by atoms with Crippen LogP contribution in [0.2, 0.25) is 0 Å². The van der Waals surface area contributed by atoms with E-state index < -0.39 is 16.6 Å². The van der Waals surface area contributed by atoms with Crippen molar-refractivity contribution in [2.75, 3.05) is 6.54 Å². The Morgan fingerprint density at radius 2 is 2.14 bits per heavy atom. The Balaban J connectivity index is 2.38. The van der Waals surface area contributed by atoms with Gasteiger partial charge in [0.1, 0.15) is 10.6 Å². The molecule has 2 aromatic heterocycles. The van der Waals surface area contributed by atoms with E-state index >= 15 is 0 Å². The van der Waals surface area contributed by atoms with Gasteiger partial charge in [0, 0.05) is 12.7 Å². The SMILES string of the molecule is CCN(Cc1ccccn1)S(=O)(=O)c1c(CO)n[nH]c1C. The van der Waals surface area contributed by atoms with Gasteiger partial charge in [-0.15, -0.1) is 0 Å². The Labute approximate surface area is 123 Å². The lowest BCUT2D eigenvalue weighted by molar-refractivity contribution is 0.273. The van der Waals surface area contributed by atoms with E-state index in [0.29, 0.717) is 17.9 Å². The highest BCUT2D eigenvalue weighted by molar-refractivity contribution is 7.89. The summed E-state index contributed by atoms with van der Waals surface area (Å²) >= 11 is 0. The van der Waals surface area contributed by atoms with E-state index in [1.807, 2.05) is 6.07 Å². The number of rotatable bonds is 6. The number of hydrogen-bond acceptors (Lipinski definition) is 5. The molecule has 0 amide bonds. The number of hydrogen-bond donors (Lipinski definition) is 2. The summed E-state index contributed by atoms with van der Waals surface area (Å²) in [7, 11) is -3.74. The van der Waals surface area contributed by atoms with Gasteiger partial charge in [-0.3, -0.25) is 10.1 Å². The second kappa shape index (κ2) is 6.33. The van der Waals surface area contributed by atoms with Crippen molar-refractivity contribution in [3.05, 3.63) is 41.5 Å². The zero-order valence-electron chi connectivity index (χ0n) is 11.9. The van der Waals surface area contributed by atoms with E-state index in [0.717, 1.165) is 0 Å². The molecule has 0 atom stereocenters. The largest absolute Gasteiger partial charge is 0.390 e. The molecule has 0 spiro atoms. The van der Waals surface area contributed by atoms with Gasteiger partial charge in [0.05, 0.1) is 24.5 Å². The van der Waals surface area contributed by atoms with Crippen LogP contribution in [-0.2, 0) is 23.2 Å². The molecule has 0 aromatic carbocycles. The molecule has 114 valence electrons. The van der Waals surface area contributed by atoms with Crippen molar-refractivity contribution in [3.8, 4) is 0 Å². The molecule has 21 heavy (non-hydrogen) atoms. The molecule has 0 saturated heterocycles. The number of aromatic nitrogens is 3. The first kappa shape index (κ1) is 15.6. The Kier molecular flexibility index (Phi) is 4.71. The minimum absolute atomic E-state index is 0.0442. The minimum Gasteiger partial charge on any atom is -0.390 e. The zero-order valence-corrected chi connectivity index (χ0v) is 12.8. The average Bonchev–Trinajstić information content (AvgIpc) is 2.87. The van der Waals surface area contributed by atoms with Crippen LogP contribution in [0.1, 0.15) is 24.0 Å². The summed E-state index contributed by atoms with van der Waals surface area (Å²) in [6.07, 6.45) is 1.62. The fraction of sp³-hybridized carbons (Fsp3) is 0.385. The summed E-state index contributed by atoms with van der Waals surface area (Å²) in [5.74, 6) is 0. The third kappa shape index (κ3) is 3.12. The van der Waals surface area contributed by atoms with Crippen LogP contribution >= 0.6 is 0 Å². The van der Waals surface area contributed by atoms with Crippen molar-refractivity contribution in [1.29, 1.82) is 0 Å². The summed E-state index contributed by atoms with van der Waals surface area (Å²) in [6.45, 7) is 3.42. The maximum absolute atomic E-state index is 12.8. The Morgan fingerprint density at radius 3 is 2.71 bits per heavy atom. The highest BCUT2D eigenvalue weighted by Gasteiger charge is 2.30. The number of H-pyrrole nitrogens is 1. The molecule has 2 aromatic rings. The summed E-state index contributed by atoms with van der Waals surface area (Å²) < 4.78 is 26.8. The van der Waals surface area contributed by atoms with E-state index in [9.17, 15) is 13.5 Å². The first-order valence-electron chi connectivity index (χ1n) is 6.55. The van der Waals surface area contributed by atoms with Crippen molar-refractivity contribution in [1.82, 2.24) is 19.5 Å². The number of sulfonamides is 1. The van der Waals surface area contributed by atoms with Gasteiger partial charge in [0.2, 0.25) is 10.0 Å². The molecular weight excluding hydrogens is 292 g/mol. The molecular formula is C13H18N4O3S. The van der Waals surface area contributed by atoms with Gasteiger partial charge in [-0.1, -0.05) is 13.0 Å². The van der Waals surface area contributed by atoms with E-state index in [2.05, 4.69) is 15.2 Å². The maximum atomic E-state index is 12.8. The van der Waals surface area contributed by atoms with Crippen LogP contribution in [0, 0.1) is 6.92 Å². The molecule has 0 aliphatic carbocycles. The molecule has 2 heterocycles. The topological polar surface area (TPSA) is 99.2 Å². The van der Waals surface area contributed by atoms with Gasteiger partial charge >= 0.3 is 0 Å². The fourth-order valence-corrected chi connectivity index (χ4v) is 3.83. The lowest BCUT2D eigenvalue weighted by Crippen LogP contribution is -2.31. The van der Waals surface area contributed by atoms with Crippen molar-refractivity contribution < 1.29 is 13.5 Å². The van der Waals surface area contributed by atoms with Crippen LogP contribution in [0.5, 0.6) is 0 Å². The van der Waals surface area contributed by atoms with Crippen LogP contribution in [0.3, 0.4) is 0 Å². The van der Waals surface area contributed by atoms with Crippen molar-refractivity contribution in [2.45, 2.75) is 31.9 Å². The first-order valence-corrected chi connectivity index (χ1v) is 7.99. The normalized spacial score (nSPS) is 12.0.